The third-order valence-corrected chi connectivity index (χ3v) is 1.47. The second-order valence-corrected chi connectivity index (χ2v) is 2.97. The molecule has 0 aliphatic carbocycles. The van der Waals surface area contributed by atoms with E-state index >= 15 is 0 Å². The van der Waals surface area contributed by atoms with Crippen molar-refractivity contribution >= 4 is 12.0 Å². The molecule has 10 heavy (non-hydrogen) atoms. The molecule has 0 aromatic heterocycles. The summed E-state index contributed by atoms with van der Waals surface area (Å²) in [5.41, 5.74) is 2.76. The van der Waals surface area contributed by atoms with Crippen molar-refractivity contribution in [3.63, 3.8) is 0 Å². The van der Waals surface area contributed by atoms with Gasteiger partial charge in [-0.05, 0) is 12.3 Å². The Kier molecular flexibility index (Phi) is 2.04. The Bertz CT molecular complexity index is 163. The van der Waals surface area contributed by atoms with E-state index in [1.807, 2.05) is 0 Å². The molecule has 3 heteroatoms. The fourth-order valence-corrected chi connectivity index (χ4v) is 0.985. The van der Waals surface area contributed by atoms with Crippen molar-refractivity contribution < 1.29 is 4.79 Å². The summed E-state index contributed by atoms with van der Waals surface area (Å²) in [6.45, 7) is 4.18. The third-order valence-electron chi connectivity index (χ3n) is 1.47. The van der Waals surface area contributed by atoms with Crippen molar-refractivity contribution in [3.8, 4) is 0 Å². The number of hydrazone groups is 1. The van der Waals surface area contributed by atoms with E-state index in [0.717, 1.165) is 6.42 Å². The number of rotatable bonds is 2. The molecule has 1 aliphatic heterocycles. The molecule has 56 valence electrons. The molecule has 1 heterocycles. The number of hydrogen-bond donors (Lipinski definition) is 1. The van der Waals surface area contributed by atoms with E-state index in [2.05, 4.69) is 24.4 Å². The zero-order valence-corrected chi connectivity index (χ0v) is 6.29. The molecule has 1 atom stereocenters. The van der Waals surface area contributed by atoms with Gasteiger partial charge in [0, 0.05) is 0 Å². The summed E-state index contributed by atoms with van der Waals surface area (Å²) in [7, 11) is 0. The van der Waals surface area contributed by atoms with E-state index in [4.69, 9.17) is 0 Å². The minimum Gasteiger partial charge on any atom is -0.299 e. The van der Waals surface area contributed by atoms with Crippen molar-refractivity contribution in [1.82, 2.24) is 5.43 Å². The molecular formula is C7H12N2O. The van der Waals surface area contributed by atoms with Gasteiger partial charge in [0.25, 0.3) is 0 Å². The maximum atomic E-state index is 10.9. The highest BCUT2D eigenvalue weighted by Gasteiger charge is 2.20. The minimum absolute atomic E-state index is 0.0556. The van der Waals surface area contributed by atoms with Crippen LogP contribution in [-0.4, -0.2) is 18.0 Å². The molecule has 0 fully saturated rings. The summed E-state index contributed by atoms with van der Waals surface area (Å²) in [6.07, 6.45) is 2.23. The quantitative estimate of drug-likeness (QED) is 0.609. The summed E-state index contributed by atoms with van der Waals surface area (Å²) < 4.78 is 0. The molecule has 0 aromatic carbocycles. The largest absolute Gasteiger partial charge is 0.299 e. The van der Waals surface area contributed by atoms with Gasteiger partial charge in [-0.2, -0.15) is 5.10 Å². The normalized spacial score (nSPS) is 23.9. The summed E-state index contributed by atoms with van der Waals surface area (Å²) in [5, 5.41) is 3.67. The van der Waals surface area contributed by atoms with Crippen LogP contribution in [0, 0.1) is 5.92 Å². The Morgan fingerprint density at radius 3 is 2.90 bits per heavy atom. The van der Waals surface area contributed by atoms with Crippen LogP contribution in [0.15, 0.2) is 5.10 Å². The predicted molar refractivity (Wildman–Crippen MR) is 39.9 cm³/mol. The van der Waals surface area contributed by atoms with Crippen molar-refractivity contribution in [3.05, 3.63) is 0 Å². The van der Waals surface area contributed by atoms with E-state index < -0.39 is 0 Å². The highest BCUT2D eigenvalue weighted by molar-refractivity contribution is 6.31. The first kappa shape index (κ1) is 7.25. The first-order chi connectivity index (χ1) is 4.70. The van der Waals surface area contributed by atoms with Crippen molar-refractivity contribution in [2.75, 3.05) is 0 Å². The molecule has 1 aliphatic rings. The maximum Gasteiger partial charge on any atom is 0.199 e. The average Bonchev–Trinajstić information content (AvgIpc) is 2.15. The van der Waals surface area contributed by atoms with Crippen LogP contribution in [0.25, 0.3) is 0 Å². The van der Waals surface area contributed by atoms with Crippen LogP contribution in [0.4, 0.5) is 0 Å². The number of ketones is 1. The Morgan fingerprint density at radius 1 is 1.80 bits per heavy atom. The minimum atomic E-state index is -0.0556. The first-order valence-corrected chi connectivity index (χ1v) is 3.52. The van der Waals surface area contributed by atoms with E-state index in [1.165, 1.54) is 6.21 Å². The van der Waals surface area contributed by atoms with Gasteiger partial charge in [-0.25, -0.2) is 0 Å². The van der Waals surface area contributed by atoms with Gasteiger partial charge in [0.05, 0.1) is 6.21 Å². The maximum absolute atomic E-state index is 10.9. The lowest BCUT2D eigenvalue weighted by molar-refractivity contribution is -0.114. The van der Waals surface area contributed by atoms with Gasteiger partial charge in [0.2, 0.25) is 0 Å². The van der Waals surface area contributed by atoms with Gasteiger partial charge in [-0.3, -0.25) is 10.2 Å². The molecule has 0 spiro atoms. The molecule has 1 unspecified atom stereocenters. The molecule has 0 aromatic rings. The van der Waals surface area contributed by atoms with E-state index in [9.17, 15) is 4.79 Å². The Hall–Kier alpha value is -0.860. The van der Waals surface area contributed by atoms with E-state index in [1.54, 1.807) is 0 Å². The first-order valence-electron chi connectivity index (χ1n) is 3.52. The Morgan fingerprint density at radius 2 is 2.50 bits per heavy atom. The summed E-state index contributed by atoms with van der Waals surface area (Å²) in [5.74, 6) is 0.650. The highest BCUT2D eigenvalue weighted by atomic mass is 16.1. The summed E-state index contributed by atoms with van der Waals surface area (Å²) in [4.78, 5) is 10.9. The standard InChI is InChI=1S/C7H12N2O/c1-5(2)3-6-7(10)4-8-9-6/h4-6,9H,3H2,1-2H3. The second-order valence-electron chi connectivity index (χ2n) is 2.97. The zero-order chi connectivity index (χ0) is 7.56. The number of carbonyl (C=O) groups is 1. The monoisotopic (exact) mass is 140 g/mol. The van der Waals surface area contributed by atoms with Crippen molar-refractivity contribution in [1.29, 1.82) is 0 Å². The second kappa shape index (κ2) is 2.82. The smallest absolute Gasteiger partial charge is 0.199 e. The number of hydrogen-bond acceptors (Lipinski definition) is 3. The average molecular weight is 140 g/mol. The topological polar surface area (TPSA) is 41.5 Å². The lowest BCUT2D eigenvalue weighted by atomic mass is 10.0. The highest BCUT2D eigenvalue weighted by Crippen LogP contribution is 2.06. The number of carbonyl (C=O) groups excluding carboxylic acids is 1. The van der Waals surface area contributed by atoms with Crippen LogP contribution in [0.5, 0.6) is 0 Å². The van der Waals surface area contributed by atoms with Crippen molar-refractivity contribution in [2.45, 2.75) is 26.3 Å². The van der Waals surface area contributed by atoms with Crippen LogP contribution in [-0.2, 0) is 4.79 Å². The van der Waals surface area contributed by atoms with Crippen LogP contribution < -0.4 is 5.43 Å². The van der Waals surface area contributed by atoms with E-state index in [-0.39, 0.29) is 11.8 Å². The molecule has 3 nitrogen and oxygen atoms in total. The number of Topliss-reactive ketones (excluding diaryl/α,β-unsaturated/α-hetero) is 1. The van der Waals surface area contributed by atoms with Crippen LogP contribution in [0.1, 0.15) is 20.3 Å². The van der Waals surface area contributed by atoms with Gasteiger partial charge in [-0.15, -0.1) is 0 Å². The molecule has 0 bridgehead atoms. The lowest BCUT2D eigenvalue weighted by Gasteiger charge is -2.09. The molecule has 0 saturated carbocycles. The zero-order valence-electron chi connectivity index (χ0n) is 6.29. The molecule has 1 rings (SSSR count). The van der Waals surface area contributed by atoms with Crippen LogP contribution in [0.3, 0.4) is 0 Å². The number of nitrogens with zero attached hydrogens (tertiary/aromatic N) is 1. The van der Waals surface area contributed by atoms with Gasteiger partial charge in [0.15, 0.2) is 5.78 Å². The summed E-state index contributed by atoms with van der Waals surface area (Å²) >= 11 is 0. The Balaban J connectivity index is 2.37. The lowest BCUT2D eigenvalue weighted by Crippen LogP contribution is -2.28. The molecule has 0 saturated heterocycles. The fourth-order valence-electron chi connectivity index (χ4n) is 0.985. The fraction of sp³-hybridized carbons (Fsp3) is 0.714. The van der Waals surface area contributed by atoms with E-state index in [0.29, 0.717) is 5.92 Å². The van der Waals surface area contributed by atoms with Crippen LogP contribution >= 0.6 is 0 Å². The van der Waals surface area contributed by atoms with Gasteiger partial charge in [0.1, 0.15) is 6.04 Å². The number of nitrogens with one attached hydrogen (secondary N) is 1. The predicted octanol–water partition coefficient (Wildman–Crippen LogP) is 0.559. The van der Waals surface area contributed by atoms with Gasteiger partial charge >= 0.3 is 0 Å². The molecular weight excluding hydrogens is 128 g/mol. The SMILES string of the molecule is CC(C)CC1NN=CC1=O. The third kappa shape index (κ3) is 1.56. The van der Waals surface area contributed by atoms with Gasteiger partial charge in [-0.1, -0.05) is 13.8 Å². The van der Waals surface area contributed by atoms with Gasteiger partial charge < -0.3 is 0 Å². The van der Waals surface area contributed by atoms with Crippen molar-refractivity contribution in [2.24, 2.45) is 11.0 Å². The molecule has 0 radical (unpaired) electrons. The van der Waals surface area contributed by atoms with Crippen LogP contribution in [0.2, 0.25) is 0 Å². The Labute approximate surface area is 60.5 Å². The molecule has 0 amide bonds. The molecule has 1 N–H and O–H groups in total. The summed E-state index contributed by atoms with van der Waals surface area (Å²) in [6, 6.07) is -0.0556.